The maximum Gasteiger partial charge on any atom is 0.252 e. The molecule has 112 heavy (non-hydrogen) atoms. The Labute approximate surface area is 677 Å². The van der Waals surface area contributed by atoms with E-state index in [9.17, 15) is 11.0 Å². The average Bonchev–Trinajstić information content (AvgIpc) is 1.28. The van der Waals surface area contributed by atoms with Gasteiger partial charge in [-0.3, -0.25) is 0 Å². The zero-order valence-electron chi connectivity index (χ0n) is 81.4. The molecule has 7 nitrogen and oxygen atoms in total. The Bertz CT molecular complexity index is 8020. The lowest BCUT2D eigenvalue weighted by molar-refractivity contribution is 0.569. The molecule has 19 aromatic rings. The van der Waals surface area contributed by atoms with Crippen LogP contribution in [0.4, 0.5) is 34.1 Å². The van der Waals surface area contributed by atoms with E-state index in [0.717, 1.165) is 83.3 Å². The van der Waals surface area contributed by atoms with Gasteiger partial charge in [0.2, 0.25) is 0 Å². The fraction of sp³-hybridized carbons (Fsp3) is 0.192. The van der Waals surface area contributed by atoms with E-state index < -0.39 is 109 Å². The van der Waals surface area contributed by atoms with Gasteiger partial charge in [0, 0.05) is 82.3 Å². The standard InChI is InChI=1S/C104H90BN5O2/c1-100(2,3)63-45-50-85-77(56-63)78-57-64(101(4,5)6)46-51-86(78)106(85)68-47-49-80-92(60-68)110(90-43-27-35-76-74-33-25-41-88(97(74)112-99(76)90)108-83-38-22-18-30-71(83)72-31-19-23-39-84(72)108)94-59-67(104(13,14)15)58-93-95(94)105(80)79-48-44-61(62-52-65(102(7,8)9)55-66(53-62)103(10,11)12)54-91(79)109(93)89-42-26-34-75-73-32-24-40-87(96(73)111-98(75)89)107-81-36-20-16-28-69(81)70-29-17-21-37-82(70)107/h16-60H,1-15H3/i16D,17D,18D,19D,20D,21D,22D,23D,28D,29D,30D,31D,36D,37D,38D,39D. The molecule has 2 aliphatic rings. The van der Waals surface area contributed by atoms with E-state index in [2.05, 4.69) is 233 Å². The monoisotopic (exact) mass is 1470 g/mol. The fourth-order valence-corrected chi connectivity index (χ4v) is 17.8. The molecule has 0 aliphatic carbocycles. The second-order valence-corrected chi connectivity index (χ2v) is 35.8. The van der Waals surface area contributed by atoms with E-state index in [1.165, 1.54) is 31.4 Å². The van der Waals surface area contributed by atoms with Gasteiger partial charge in [-0.25, -0.2) is 0 Å². The highest BCUT2D eigenvalue weighted by Crippen LogP contribution is 2.53. The molecule has 0 N–H and O–H groups in total. The normalized spacial score (nSPS) is 15.6. The van der Waals surface area contributed by atoms with Gasteiger partial charge < -0.3 is 32.3 Å². The van der Waals surface area contributed by atoms with Gasteiger partial charge in [0.1, 0.15) is 0 Å². The third kappa shape index (κ3) is 10.0. The van der Waals surface area contributed by atoms with Gasteiger partial charge in [0.15, 0.2) is 22.3 Å². The van der Waals surface area contributed by atoms with E-state index in [4.69, 9.17) is 19.8 Å². The van der Waals surface area contributed by atoms with E-state index in [-0.39, 0.29) is 87.8 Å². The predicted molar refractivity (Wildman–Crippen MR) is 477 cm³/mol. The Morgan fingerprint density at radius 2 is 0.616 bits per heavy atom. The van der Waals surface area contributed by atoms with Crippen LogP contribution < -0.4 is 26.2 Å². The van der Waals surface area contributed by atoms with Crippen molar-refractivity contribution < 1.29 is 30.8 Å². The summed E-state index contributed by atoms with van der Waals surface area (Å²) >= 11 is 0. The van der Waals surface area contributed by atoms with Gasteiger partial charge in [0.05, 0.1) is 77.8 Å². The van der Waals surface area contributed by atoms with Crippen LogP contribution in [0, 0.1) is 0 Å². The van der Waals surface area contributed by atoms with E-state index in [0.29, 0.717) is 44.1 Å². The summed E-state index contributed by atoms with van der Waals surface area (Å²) in [6.45, 7) is 33.0. The summed E-state index contributed by atoms with van der Waals surface area (Å²) in [6.07, 6.45) is 0. The Morgan fingerprint density at radius 3 is 1.02 bits per heavy atom. The van der Waals surface area contributed by atoms with Crippen molar-refractivity contribution in [2.24, 2.45) is 0 Å². The largest absolute Gasteiger partial charge is 0.452 e. The lowest BCUT2D eigenvalue weighted by Crippen LogP contribution is -2.61. The molecule has 0 unspecified atom stereocenters. The number of aromatic nitrogens is 3. The molecule has 546 valence electrons. The number of rotatable bonds is 6. The van der Waals surface area contributed by atoms with Gasteiger partial charge in [-0.15, -0.1) is 0 Å². The Balaban J connectivity index is 0.894. The Morgan fingerprint density at radius 1 is 0.259 bits per heavy atom. The van der Waals surface area contributed by atoms with Crippen molar-refractivity contribution >= 4 is 167 Å². The second-order valence-electron chi connectivity index (χ2n) is 35.8. The van der Waals surface area contributed by atoms with Gasteiger partial charge in [-0.05, 0) is 185 Å². The SMILES string of the molecule is [2H]c1c([2H])c([2H])c2c(c1[2H])c1c([2H])c([2H])c([2H])c([2H])c1n2-c1cccc2c1oc1c(N3c4cc(-c5cc(C(C)(C)C)cc(C(C)(C)C)c5)ccc4B4c5ccc(-n6c7ccc(C(C)(C)C)cc7c7cc(C(C)(C)C)ccc76)cc5N(c5cccc6c5oc5c(-n7c8c([2H])c([2H])c([2H])c([2H])c8c8c([2H])c([2H])c([2H])c([2H])c87)cccc56)c5cc(C(C)(C)C)cc3c54)cccc12. The molecular formula is C104H90BN5O2. The quantitative estimate of drug-likeness (QED) is 0.156. The first-order chi connectivity index (χ1) is 60.4. The molecule has 0 spiro atoms. The van der Waals surface area contributed by atoms with Crippen LogP contribution in [0.2, 0.25) is 0 Å². The van der Waals surface area contributed by atoms with Crippen LogP contribution in [0.1, 0.15) is 154 Å². The lowest BCUT2D eigenvalue weighted by atomic mass is 9.33. The second kappa shape index (κ2) is 23.6. The fourth-order valence-electron chi connectivity index (χ4n) is 17.8. The summed E-state index contributed by atoms with van der Waals surface area (Å²) < 4.78 is 169. The number of anilines is 6. The molecule has 0 fully saturated rings. The van der Waals surface area contributed by atoms with Crippen LogP contribution in [0.25, 0.3) is 137 Å². The minimum absolute atomic E-state index is 0.0411. The molecule has 0 atom stereocenters. The number of fused-ring (bicyclic) bond motifs is 19. The minimum Gasteiger partial charge on any atom is -0.452 e. The number of furan rings is 2. The van der Waals surface area contributed by atoms with Gasteiger partial charge >= 0.3 is 0 Å². The maximum absolute atomic E-state index is 9.66. The smallest absolute Gasteiger partial charge is 0.252 e. The van der Waals surface area contributed by atoms with Crippen LogP contribution >= 0.6 is 0 Å². The van der Waals surface area contributed by atoms with Crippen molar-refractivity contribution in [2.75, 3.05) is 9.80 Å². The number of hydrogen-bond acceptors (Lipinski definition) is 4. The Hall–Kier alpha value is -12.3. The molecule has 0 amide bonds. The highest BCUT2D eigenvalue weighted by Gasteiger charge is 2.46. The average molecular weight is 1470 g/mol. The summed E-state index contributed by atoms with van der Waals surface area (Å²) in [6, 6.07) is 54.3. The van der Waals surface area contributed by atoms with Gasteiger partial charge in [-0.1, -0.05) is 273 Å². The van der Waals surface area contributed by atoms with E-state index in [1.807, 2.05) is 48.5 Å². The van der Waals surface area contributed by atoms with Crippen molar-refractivity contribution in [3.8, 4) is 28.2 Å². The number of hydrogen-bond donors (Lipinski definition) is 0. The number of benzene rings is 14. The minimum atomic E-state index is -0.583. The summed E-state index contributed by atoms with van der Waals surface area (Å²) in [5.74, 6) is 0. The van der Waals surface area contributed by atoms with E-state index in [1.54, 1.807) is 12.1 Å². The van der Waals surface area contributed by atoms with Crippen molar-refractivity contribution in [1.82, 2.24) is 13.7 Å². The molecule has 0 saturated heterocycles. The first-order valence-electron chi connectivity index (χ1n) is 46.6. The third-order valence-corrected chi connectivity index (χ3v) is 23.7. The van der Waals surface area contributed by atoms with Gasteiger partial charge in [-0.2, -0.15) is 0 Å². The number of para-hydroxylation sites is 8. The molecule has 0 saturated carbocycles. The Kier molecular flexibility index (Phi) is 11.1. The van der Waals surface area contributed by atoms with Crippen molar-refractivity contribution in [3.05, 3.63) is 300 Å². The topological polar surface area (TPSA) is 47.6 Å². The zero-order chi connectivity index (χ0) is 90.6. The summed E-state index contributed by atoms with van der Waals surface area (Å²) in [7, 11) is 0. The van der Waals surface area contributed by atoms with Gasteiger partial charge in [0.25, 0.3) is 6.71 Å². The van der Waals surface area contributed by atoms with Crippen molar-refractivity contribution in [2.45, 2.75) is 131 Å². The summed E-state index contributed by atoms with van der Waals surface area (Å²) in [4.78, 5) is 4.66. The molecule has 7 heterocycles. The van der Waals surface area contributed by atoms with Crippen LogP contribution in [0.15, 0.2) is 281 Å². The molecule has 0 bridgehead atoms. The van der Waals surface area contributed by atoms with E-state index >= 15 is 0 Å². The van der Waals surface area contributed by atoms with Crippen molar-refractivity contribution in [3.63, 3.8) is 0 Å². The van der Waals surface area contributed by atoms with Crippen LogP contribution in [-0.4, -0.2) is 20.4 Å². The summed E-state index contributed by atoms with van der Waals surface area (Å²) in [5, 5.41) is 4.60. The third-order valence-electron chi connectivity index (χ3n) is 23.7. The molecule has 21 rings (SSSR count). The molecule has 0 radical (unpaired) electrons. The van der Waals surface area contributed by atoms with Crippen LogP contribution in [-0.2, 0) is 27.1 Å². The van der Waals surface area contributed by atoms with Crippen LogP contribution in [0.3, 0.4) is 0 Å². The highest BCUT2D eigenvalue weighted by atomic mass is 16.3. The first-order valence-corrected chi connectivity index (χ1v) is 38.6. The molecular weight excluding hydrogens is 1360 g/mol. The first kappa shape index (κ1) is 52.8. The zero-order valence-corrected chi connectivity index (χ0v) is 65.4. The van der Waals surface area contributed by atoms with Crippen molar-refractivity contribution in [1.29, 1.82) is 0 Å². The lowest BCUT2D eigenvalue weighted by Gasteiger charge is -2.45. The highest BCUT2D eigenvalue weighted by molar-refractivity contribution is 7.00. The number of nitrogens with zero attached hydrogens (tertiary/aromatic N) is 5. The molecule has 14 aromatic carbocycles. The molecule has 5 aromatic heterocycles. The molecule has 2 aliphatic heterocycles. The maximum atomic E-state index is 9.66. The molecule has 8 heteroatoms. The predicted octanol–water partition coefficient (Wildman–Crippen LogP) is 27.0. The van der Waals surface area contributed by atoms with Crippen LogP contribution in [0.5, 0.6) is 0 Å². The summed E-state index contributed by atoms with van der Waals surface area (Å²) in [5.41, 5.74) is 18.4.